The van der Waals surface area contributed by atoms with Crippen molar-refractivity contribution >= 4 is 28.3 Å². The fourth-order valence-electron chi connectivity index (χ4n) is 2.83. The van der Waals surface area contributed by atoms with Gasteiger partial charge in [0.05, 0.1) is 18.7 Å². The Bertz CT molecular complexity index is 733. The third-order valence-electron chi connectivity index (χ3n) is 3.90. The minimum atomic E-state index is -0.0351. The molecule has 6 nitrogen and oxygen atoms in total. The molecular weight excluding hydrogens is 304 g/mol. The lowest BCUT2D eigenvalue weighted by molar-refractivity contribution is -0.117. The zero-order chi connectivity index (χ0) is 17.2. The van der Waals surface area contributed by atoms with E-state index in [2.05, 4.69) is 41.0 Å². The zero-order valence-electron chi connectivity index (χ0n) is 14.5. The Labute approximate surface area is 142 Å². The predicted molar refractivity (Wildman–Crippen MR) is 95.3 cm³/mol. The molecule has 1 amide bonds. The van der Waals surface area contributed by atoms with E-state index in [1.807, 2.05) is 18.2 Å². The molecule has 0 unspecified atom stereocenters. The van der Waals surface area contributed by atoms with E-state index in [-0.39, 0.29) is 11.3 Å². The van der Waals surface area contributed by atoms with Crippen LogP contribution in [-0.4, -0.2) is 42.2 Å². The zero-order valence-corrected chi connectivity index (χ0v) is 14.5. The summed E-state index contributed by atoms with van der Waals surface area (Å²) >= 11 is 0. The van der Waals surface area contributed by atoms with Crippen molar-refractivity contribution in [2.24, 2.45) is 5.41 Å². The van der Waals surface area contributed by atoms with Crippen LogP contribution in [0.3, 0.4) is 0 Å². The second kappa shape index (κ2) is 6.73. The summed E-state index contributed by atoms with van der Waals surface area (Å²) in [5.41, 5.74) is 1.57. The summed E-state index contributed by atoms with van der Waals surface area (Å²) in [5, 5.41) is 3.95. The van der Waals surface area contributed by atoms with Crippen LogP contribution in [0.5, 0.6) is 0 Å². The molecule has 1 aliphatic heterocycles. The third kappa shape index (κ3) is 4.00. The molecule has 1 fully saturated rings. The number of amides is 1. The number of rotatable bonds is 3. The van der Waals surface area contributed by atoms with Crippen molar-refractivity contribution in [3.63, 3.8) is 0 Å². The Morgan fingerprint density at radius 2 is 2.00 bits per heavy atom. The van der Waals surface area contributed by atoms with E-state index in [0.717, 1.165) is 35.5 Å². The van der Waals surface area contributed by atoms with Crippen molar-refractivity contribution in [3.8, 4) is 0 Å². The number of hydrogen-bond donors (Lipinski definition) is 1. The third-order valence-corrected chi connectivity index (χ3v) is 3.90. The second-order valence-electron chi connectivity index (χ2n) is 7.31. The normalized spacial score (nSPS) is 15.5. The Morgan fingerprint density at radius 1 is 1.25 bits per heavy atom. The van der Waals surface area contributed by atoms with E-state index in [1.54, 1.807) is 6.33 Å². The number of morpholine rings is 1. The first-order chi connectivity index (χ1) is 11.4. The van der Waals surface area contributed by atoms with E-state index >= 15 is 0 Å². The molecule has 128 valence electrons. The fraction of sp³-hybridized carbons (Fsp3) is 0.500. The van der Waals surface area contributed by atoms with Gasteiger partial charge in [0, 0.05) is 30.6 Å². The van der Waals surface area contributed by atoms with Gasteiger partial charge in [-0.2, -0.15) is 0 Å². The number of benzene rings is 1. The van der Waals surface area contributed by atoms with E-state index in [1.165, 1.54) is 0 Å². The van der Waals surface area contributed by atoms with Crippen LogP contribution < -0.4 is 10.2 Å². The number of nitrogens with one attached hydrogen (secondary N) is 1. The van der Waals surface area contributed by atoms with Crippen LogP contribution in [0.2, 0.25) is 0 Å². The number of carbonyl (C=O) groups excluding carboxylic acids is 1. The number of carbonyl (C=O) groups is 1. The molecule has 0 spiro atoms. The van der Waals surface area contributed by atoms with Gasteiger partial charge in [-0.25, -0.2) is 9.97 Å². The fourth-order valence-corrected chi connectivity index (χ4v) is 2.83. The molecular formula is C18H24N4O2. The molecule has 1 saturated heterocycles. The molecule has 0 saturated carbocycles. The maximum atomic E-state index is 12.1. The minimum absolute atomic E-state index is 0.0179. The van der Waals surface area contributed by atoms with Gasteiger partial charge in [-0.05, 0) is 23.6 Å². The molecule has 1 aromatic heterocycles. The highest BCUT2D eigenvalue weighted by atomic mass is 16.5. The number of aromatic nitrogens is 2. The maximum absolute atomic E-state index is 12.1. The molecule has 2 aromatic rings. The number of ether oxygens (including phenoxy) is 1. The van der Waals surface area contributed by atoms with Crippen molar-refractivity contribution in [2.75, 3.05) is 36.5 Å². The molecule has 2 heterocycles. The summed E-state index contributed by atoms with van der Waals surface area (Å²) in [6.07, 6.45) is 2.06. The molecule has 1 aromatic carbocycles. The molecule has 6 heteroatoms. The lowest BCUT2D eigenvalue weighted by Gasteiger charge is -2.28. The topological polar surface area (TPSA) is 67.4 Å². The van der Waals surface area contributed by atoms with Gasteiger partial charge in [0.15, 0.2) is 0 Å². The first-order valence-electron chi connectivity index (χ1n) is 8.30. The number of fused-ring (bicyclic) bond motifs is 1. The van der Waals surface area contributed by atoms with Crippen LogP contribution in [0.15, 0.2) is 24.5 Å². The average Bonchev–Trinajstić information content (AvgIpc) is 2.53. The maximum Gasteiger partial charge on any atom is 0.224 e. The largest absolute Gasteiger partial charge is 0.378 e. The summed E-state index contributed by atoms with van der Waals surface area (Å²) in [4.78, 5) is 23.1. The quantitative estimate of drug-likeness (QED) is 0.938. The van der Waals surface area contributed by atoms with Crippen molar-refractivity contribution in [1.82, 2.24) is 9.97 Å². The Kier molecular flexibility index (Phi) is 4.66. The standard InChI is InChI=1S/C18H24N4O2/c1-18(2,3)11-16(23)21-13-4-5-14-15(10-13)19-12-20-17(14)22-6-8-24-9-7-22/h4-5,10,12H,6-9,11H2,1-3H3,(H,21,23). The molecule has 1 aliphatic rings. The smallest absolute Gasteiger partial charge is 0.224 e. The van der Waals surface area contributed by atoms with Gasteiger partial charge in [-0.1, -0.05) is 20.8 Å². The molecule has 0 radical (unpaired) electrons. The molecule has 0 aliphatic carbocycles. The number of anilines is 2. The summed E-state index contributed by atoms with van der Waals surface area (Å²) < 4.78 is 5.40. The van der Waals surface area contributed by atoms with Crippen molar-refractivity contribution in [1.29, 1.82) is 0 Å². The van der Waals surface area contributed by atoms with Gasteiger partial charge in [0.1, 0.15) is 12.1 Å². The Balaban J connectivity index is 1.83. The van der Waals surface area contributed by atoms with Gasteiger partial charge in [0.2, 0.25) is 5.91 Å². The van der Waals surface area contributed by atoms with Crippen LogP contribution in [0.1, 0.15) is 27.2 Å². The van der Waals surface area contributed by atoms with Gasteiger partial charge in [-0.3, -0.25) is 4.79 Å². The number of hydrogen-bond acceptors (Lipinski definition) is 5. The van der Waals surface area contributed by atoms with Gasteiger partial charge < -0.3 is 15.0 Å². The molecule has 24 heavy (non-hydrogen) atoms. The highest BCUT2D eigenvalue weighted by Gasteiger charge is 2.18. The monoisotopic (exact) mass is 328 g/mol. The van der Waals surface area contributed by atoms with Crippen LogP contribution >= 0.6 is 0 Å². The van der Waals surface area contributed by atoms with Crippen molar-refractivity contribution in [3.05, 3.63) is 24.5 Å². The average molecular weight is 328 g/mol. The first kappa shape index (κ1) is 16.6. The predicted octanol–water partition coefficient (Wildman–Crippen LogP) is 2.84. The van der Waals surface area contributed by atoms with E-state index in [4.69, 9.17) is 4.74 Å². The highest BCUT2D eigenvalue weighted by molar-refractivity contribution is 5.96. The summed E-state index contributed by atoms with van der Waals surface area (Å²) in [6, 6.07) is 5.80. The summed E-state index contributed by atoms with van der Waals surface area (Å²) in [7, 11) is 0. The lowest BCUT2D eigenvalue weighted by Crippen LogP contribution is -2.36. The Hall–Kier alpha value is -2.21. The van der Waals surface area contributed by atoms with Gasteiger partial charge >= 0.3 is 0 Å². The summed E-state index contributed by atoms with van der Waals surface area (Å²) in [6.45, 7) is 9.24. The van der Waals surface area contributed by atoms with Crippen LogP contribution in [0.25, 0.3) is 10.9 Å². The van der Waals surface area contributed by atoms with E-state index in [0.29, 0.717) is 19.6 Å². The highest BCUT2D eigenvalue weighted by Crippen LogP contribution is 2.26. The molecule has 0 atom stereocenters. The SMILES string of the molecule is CC(C)(C)CC(=O)Nc1ccc2c(N3CCOCC3)ncnc2c1. The molecule has 0 bridgehead atoms. The van der Waals surface area contributed by atoms with Crippen LogP contribution in [-0.2, 0) is 9.53 Å². The van der Waals surface area contributed by atoms with Gasteiger partial charge in [0.25, 0.3) is 0 Å². The van der Waals surface area contributed by atoms with Gasteiger partial charge in [-0.15, -0.1) is 0 Å². The second-order valence-corrected chi connectivity index (χ2v) is 7.31. The summed E-state index contributed by atoms with van der Waals surface area (Å²) in [5.74, 6) is 0.945. The van der Waals surface area contributed by atoms with Crippen molar-refractivity contribution < 1.29 is 9.53 Å². The molecule has 1 N–H and O–H groups in total. The van der Waals surface area contributed by atoms with E-state index in [9.17, 15) is 4.79 Å². The van der Waals surface area contributed by atoms with Crippen LogP contribution in [0, 0.1) is 5.41 Å². The van der Waals surface area contributed by atoms with Crippen molar-refractivity contribution in [2.45, 2.75) is 27.2 Å². The van der Waals surface area contributed by atoms with Crippen LogP contribution in [0.4, 0.5) is 11.5 Å². The minimum Gasteiger partial charge on any atom is -0.378 e. The number of nitrogens with zero attached hydrogens (tertiary/aromatic N) is 3. The molecule has 3 rings (SSSR count). The Morgan fingerprint density at radius 3 is 2.71 bits per heavy atom. The first-order valence-corrected chi connectivity index (χ1v) is 8.30. The lowest BCUT2D eigenvalue weighted by atomic mass is 9.92. The van der Waals surface area contributed by atoms with E-state index < -0.39 is 0 Å².